The maximum Gasteiger partial charge on any atom is 0.222 e. The van der Waals surface area contributed by atoms with Crippen LogP contribution in [0.5, 0.6) is 0 Å². The van der Waals surface area contributed by atoms with Crippen LogP contribution in [0.4, 0.5) is 0 Å². The fourth-order valence-electron chi connectivity index (χ4n) is 3.32. The number of amides is 1. The van der Waals surface area contributed by atoms with E-state index in [4.69, 9.17) is 4.74 Å². The van der Waals surface area contributed by atoms with Crippen molar-refractivity contribution in [1.29, 1.82) is 0 Å². The highest BCUT2D eigenvalue weighted by atomic mass is 16.5. The SMILES string of the molecule is CN(CC[C@@H](O)c1ccccc1)C(=O)CCCn1nnnc1CN1CCOCC1. The van der Waals surface area contributed by atoms with Crippen molar-refractivity contribution in [3.8, 4) is 0 Å². The molecule has 3 rings (SSSR count). The number of aliphatic hydroxyl groups excluding tert-OH is 1. The number of carbonyl (C=O) groups excluding carboxylic acids is 1. The average molecular weight is 402 g/mol. The maximum atomic E-state index is 12.4. The quantitative estimate of drug-likeness (QED) is 0.630. The molecule has 0 saturated carbocycles. The number of nitrogens with zero attached hydrogens (tertiary/aromatic N) is 6. The van der Waals surface area contributed by atoms with Gasteiger partial charge in [0.15, 0.2) is 5.82 Å². The number of aryl methyl sites for hydroxylation is 1. The minimum atomic E-state index is -0.560. The van der Waals surface area contributed by atoms with Gasteiger partial charge < -0.3 is 14.7 Å². The molecule has 2 aromatic rings. The molecule has 9 nitrogen and oxygen atoms in total. The van der Waals surface area contributed by atoms with E-state index in [1.54, 1.807) is 16.6 Å². The van der Waals surface area contributed by atoms with E-state index in [9.17, 15) is 9.90 Å². The fourth-order valence-corrected chi connectivity index (χ4v) is 3.32. The number of aromatic nitrogens is 4. The predicted octanol–water partition coefficient (Wildman–Crippen LogP) is 0.868. The Bertz CT molecular complexity index is 748. The third kappa shape index (κ3) is 6.59. The minimum absolute atomic E-state index is 0.0630. The van der Waals surface area contributed by atoms with Gasteiger partial charge >= 0.3 is 0 Å². The molecule has 0 unspecified atom stereocenters. The minimum Gasteiger partial charge on any atom is -0.388 e. The largest absolute Gasteiger partial charge is 0.388 e. The summed E-state index contributed by atoms with van der Waals surface area (Å²) in [6.45, 7) is 5.06. The maximum absolute atomic E-state index is 12.4. The van der Waals surface area contributed by atoms with Gasteiger partial charge in [0.25, 0.3) is 0 Å². The first kappa shape index (κ1) is 21.4. The third-order valence-electron chi connectivity index (χ3n) is 5.18. The summed E-state index contributed by atoms with van der Waals surface area (Å²) < 4.78 is 7.14. The van der Waals surface area contributed by atoms with Crippen LogP contribution < -0.4 is 0 Å². The topological polar surface area (TPSA) is 96.6 Å². The predicted molar refractivity (Wildman–Crippen MR) is 107 cm³/mol. The van der Waals surface area contributed by atoms with Crippen LogP contribution in [0.1, 0.15) is 36.8 Å². The zero-order chi connectivity index (χ0) is 20.5. The van der Waals surface area contributed by atoms with E-state index in [2.05, 4.69) is 20.4 Å². The highest BCUT2D eigenvalue weighted by Gasteiger charge is 2.16. The van der Waals surface area contributed by atoms with Gasteiger partial charge in [0, 0.05) is 39.6 Å². The summed E-state index contributed by atoms with van der Waals surface area (Å²) in [6.07, 6.45) is 1.05. The van der Waals surface area contributed by atoms with Gasteiger partial charge in [-0.3, -0.25) is 9.69 Å². The molecule has 1 aromatic heterocycles. The first-order chi connectivity index (χ1) is 14.1. The van der Waals surface area contributed by atoms with Crippen molar-refractivity contribution in [2.75, 3.05) is 39.9 Å². The van der Waals surface area contributed by atoms with Crippen molar-refractivity contribution >= 4 is 5.91 Å². The summed E-state index contributed by atoms with van der Waals surface area (Å²) in [7, 11) is 1.78. The van der Waals surface area contributed by atoms with Gasteiger partial charge in [0.05, 0.1) is 25.9 Å². The number of hydrogen-bond acceptors (Lipinski definition) is 7. The summed E-state index contributed by atoms with van der Waals surface area (Å²) in [6, 6.07) is 9.52. The Balaban J connectivity index is 1.37. The molecular weight excluding hydrogens is 372 g/mol. The zero-order valence-corrected chi connectivity index (χ0v) is 17.0. The molecule has 1 aliphatic heterocycles. The van der Waals surface area contributed by atoms with Crippen LogP contribution in [0.15, 0.2) is 30.3 Å². The molecule has 1 fully saturated rings. The standard InChI is InChI=1S/C20H30N6O3/c1-24(11-9-18(27)17-6-3-2-4-7-17)20(28)8-5-10-26-19(21-22-23-26)16-25-12-14-29-15-13-25/h2-4,6-7,18,27H,5,8-16H2,1H3/t18-/m1/s1. The number of rotatable bonds is 10. The molecule has 1 aliphatic rings. The van der Waals surface area contributed by atoms with E-state index in [-0.39, 0.29) is 5.91 Å². The second-order valence-electron chi connectivity index (χ2n) is 7.34. The van der Waals surface area contributed by atoms with Crippen LogP contribution >= 0.6 is 0 Å². The fraction of sp³-hybridized carbons (Fsp3) is 0.600. The molecule has 1 amide bonds. The van der Waals surface area contributed by atoms with Crippen LogP contribution in [-0.2, 0) is 22.6 Å². The van der Waals surface area contributed by atoms with Crippen molar-refractivity contribution in [3.63, 3.8) is 0 Å². The first-order valence-corrected chi connectivity index (χ1v) is 10.2. The number of tetrazole rings is 1. The second-order valence-corrected chi connectivity index (χ2v) is 7.34. The smallest absolute Gasteiger partial charge is 0.222 e. The molecule has 0 bridgehead atoms. The van der Waals surface area contributed by atoms with Crippen LogP contribution in [-0.4, -0.2) is 80.9 Å². The molecule has 0 spiro atoms. The second kappa shape index (κ2) is 11.0. The van der Waals surface area contributed by atoms with Gasteiger partial charge in [-0.2, -0.15) is 0 Å². The Kier molecular flexibility index (Phi) is 8.09. The summed E-state index contributed by atoms with van der Waals surface area (Å²) >= 11 is 0. The first-order valence-electron chi connectivity index (χ1n) is 10.2. The van der Waals surface area contributed by atoms with Crippen LogP contribution in [0.3, 0.4) is 0 Å². The highest BCUT2D eigenvalue weighted by molar-refractivity contribution is 5.75. The van der Waals surface area contributed by atoms with Gasteiger partial charge in [0.1, 0.15) is 0 Å². The third-order valence-corrected chi connectivity index (χ3v) is 5.18. The van der Waals surface area contributed by atoms with Gasteiger partial charge in [-0.25, -0.2) is 4.68 Å². The number of aliphatic hydroxyl groups is 1. The van der Waals surface area contributed by atoms with Crippen LogP contribution in [0, 0.1) is 0 Å². The molecule has 1 N–H and O–H groups in total. The molecule has 1 aromatic carbocycles. The monoisotopic (exact) mass is 402 g/mol. The van der Waals surface area contributed by atoms with Crippen LogP contribution in [0.25, 0.3) is 0 Å². The summed E-state index contributed by atoms with van der Waals surface area (Å²) in [5.41, 5.74) is 0.875. The molecule has 29 heavy (non-hydrogen) atoms. The van der Waals surface area contributed by atoms with Crippen molar-refractivity contribution in [1.82, 2.24) is 30.0 Å². The van der Waals surface area contributed by atoms with E-state index in [0.29, 0.717) is 38.9 Å². The van der Waals surface area contributed by atoms with E-state index >= 15 is 0 Å². The Hall–Kier alpha value is -2.36. The Morgan fingerprint density at radius 3 is 2.79 bits per heavy atom. The lowest BCUT2D eigenvalue weighted by molar-refractivity contribution is -0.130. The summed E-state index contributed by atoms with van der Waals surface area (Å²) in [4.78, 5) is 16.3. The Morgan fingerprint density at radius 1 is 1.28 bits per heavy atom. The van der Waals surface area contributed by atoms with E-state index in [0.717, 1.165) is 37.7 Å². The van der Waals surface area contributed by atoms with Crippen molar-refractivity contribution in [2.24, 2.45) is 0 Å². The molecule has 1 saturated heterocycles. The molecule has 2 heterocycles. The van der Waals surface area contributed by atoms with Crippen molar-refractivity contribution in [3.05, 3.63) is 41.7 Å². The molecule has 1 atom stereocenters. The van der Waals surface area contributed by atoms with Gasteiger partial charge in [0.2, 0.25) is 5.91 Å². The molecule has 158 valence electrons. The van der Waals surface area contributed by atoms with E-state index in [1.807, 2.05) is 30.3 Å². The number of benzene rings is 1. The summed E-state index contributed by atoms with van der Waals surface area (Å²) in [5.74, 6) is 0.881. The average Bonchev–Trinajstić information content (AvgIpc) is 3.19. The number of carbonyl (C=O) groups is 1. The van der Waals surface area contributed by atoms with Crippen molar-refractivity contribution in [2.45, 2.75) is 38.5 Å². The Morgan fingerprint density at radius 2 is 2.03 bits per heavy atom. The van der Waals surface area contributed by atoms with Gasteiger partial charge in [-0.05, 0) is 28.8 Å². The Labute approximate surface area is 171 Å². The van der Waals surface area contributed by atoms with Gasteiger partial charge in [-0.1, -0.05) is 30.3 Å². The van der Waals surface area contributed by atoms with E-state index < -0.39 is 6.10 Å². The lowest BCUT2D eigenvalue weighted by Crippen LogP contribution is -2.36. The number of hydrogen-bond donors (Lipinski definition) is 1. The normalized spacial score (nSPS) is 15.9. The van der Waals surface area contributed by atoms with Crippen molar-refractivity contribution < 1.29 is 14.6 Å². The molecular formula is C20H30N6O3. The molecule has 9 heteroatoms. The van der Waals surface area contributed by atoms with Crippen LogP contribution in [0.2, 0.25) is 0 Å². The summed E-state index contributed by atoms with van der Waals surface area (Å²) in [5, 5.41) is 22.2. The molecule has 0 radical (unpaired) electrons. The molecule has 0 aliphatic carbocycles. The number of morpholine rings is 1. The lowest BCUT2D eigenvalue weighted by Gasteiger charge is -2.25. The van der Waals surface area contributed by atoms with Gasteiger partial charge in [-0.15, -0.1) is 5.10 Å². The highest BCUT2D eigenvalue weighted by Crippen LogP contribution is 2.16. The van der Waals surface area contributed by atoms with E-state index in [1.165, 1.54) is 0 Å². The lowest BCUT2D eigenvalue weighted by atomic mass is 10.1. The number of ether oxygens (including phenoxy) is 1. The zero-order valence-electron chi connectivity index (χ0n) is 17.0.